The minimum absolute atomic E-state index is 0.000264. The molecule has 2 N–H and O–H groups in total. The number of anilines is 1. The summed E-state index contributed by atoms with van der Waals surface area (Å²) in [6.07, 6.45) is 5.13. The summed E-state index contributed by atoms with van der Waals surface area (Å²) < 4.78 is 13.4. The van der Waals surface area contributed by atoms with Crippen LogP contribution in [0, 0.1) is 17.1 Å². The number of hydrogen-bond donors (Lipinski definition) is 1. The van der Waals surface area contributed by atoms with Gasteiger partial charge in [0, 0.05) is 23.9 Å². The number of benzene rings is 1. The standard InChI is InChI=1S/C21H17FN4O/c22-14-8-6-13(7-9-14)19-16(11-23)21(24)26(15-3-2-10-25-12-15)17-4-1-5-18(27)20(17)19/h2-3,6-10,12,19H,1,4-5,24H2/t19-/m0/s1. The molecule has 0 saturated carbocycles. The lowest BCUT2D eigenvalue weighted by Gasteiger charge is -2.39. The monoisotopic (exact) mass is 360 g/mol. The fraction of sp³-hybridized carbons (Fsp3) is 0.190. The van der Waals surface area contributed by atoms with Crippen LogP contribution in [-0.2, 0) is 4.79 Å². The van der Waals surface area contributed by atoms with E-state index in [1.807, 2.05) is 6.07 Å². The van der Waals surface area contributed by atoms with Gasteiger partial charge in [-0.25, -0.2) is 4.39 Å². The number of nitrogens with two attached hydrogens (primary N) is 1. The Hall–Kier alpha value is -3.46. The molecule has 2 aliphatic rings. The fourth-order valence-electron chi connectivity index (χ4n) is 3.86. The maximum absolute atomic E-state index is 13.4. The van der Waals surface area contributed by atoms with E-state index >= 15 is 0 Å². The van der Waals surface area contributed by atoms with Gasteiger partial charge in [0.25, 0.3) is 0 Å². The molecule has 0 unspecified atom stereocenters. The first-order chi connectivity index (χ1) is 13.1. The van der Waals surface area contributed by atoms with Crippen LogP contribution in [0.5, 0.6) is 0 Å². The van der Waals surface area contributed by atoms with Crippen LogP contribution in [0.25, 0.3) is 0 Å². The number of ketones is 1. The van der Waals surface area contributed by atoms with Gasteiger partial charge in [0.15, 0.2) is 5.78 Å². The molecule has 2 heterocycles. The van der Waals surface area contributed by atoms with Gasteiger partial charge in [-0.1, -0.05) is 12.1 Å². The number of rotatable bonds is 2. The number of carbonyl (C=O) groups is 1. The molecule has 2 aromatic rings. The Morgan fingerprint density at radius 1 is 1.22 bits per heavy atom. The molecule has 27 heavy (non-hydrogen) atoms. The van der Waals surface area contributed by atoms with Crippen molar-refractivity contribution in [3.63, 3.8) is 0 Å². The van der Waals surface area contributed by atoms with Gasteiger partial charge in [-0.15, -0.1) is 0 Å². The van der Waals surface area contributed by atoms with Gasteiger partial charge in [-0.2, -0.15) is 5.26 Å². The van der Waals surface area contributed by atoms with Crippen LogP contribution in [0.1, 0.15) is 30.7 Å². The minimum atomic E-state index is -0.577. The largest absolute Gasteiger partial charge is 0.384 e. The van der Waals surface area contributed by atoms with Gasteiger partial charge in [-0.3, -0.25) is 14.7 Å². The summed E-state index contributed by atoms with van der Waals surface area (Å²) >= 11 is 0. The van der Waals surface area contributed by atoms with Crippen molar-refractivity contribution in [1.82, 2.24) is 4.98 Å². The van der Waals surface area contributed by atoms with Crippen LogP contribution in [0.3, 0.4) is 0 Å². The molecule has 1 aromatic carbocycles. The number of nitriles is 1. The smallest absolute Gasteiger partial charge is 0.161 e. The van der Waals surface area contributed by atoms with Crippen LogP contribution in [0.2, 0.25) is 0 Å². The number of pyridine rings is 1. The zero-order chi connectivity index (χ0) is 19.0. The summed E-state index contributed by atoms with van der Waals surface area (Å²) in [7, 11) is 0. The maximum Gasteiger partial charge on any atom is 0.161 e. The van der Waals surface area contributed by atoms with Crippen LogP contribution < -0.4 is 10.6 Å². The first-order valence-corrected chi connectivity index (χ1v) is 8.73. The normalized spacial score (nSPS) is 19.8. The molecule has 1 aromatic heterocycles. The van der Waals surface area contributed by atoms with Crippen LogP contribution in [0.15, 0.2) is 71.5 Å². The molecule has 0 spiro atoms. The maximum atomic E-state index is 13.4. The van der Waals surface area contributed by atoms with Crippen LogP contribution >= 0.6 is 0 Å². The van der Waals surface area contributed by atoms with Crippen LogP contribution in [0.4, 0.5) is 10.1 Å². The summed E-state index contributed by atoms with van der Waals surface area (Å²) in [5, 5.41) is 9.85. The van der Waals surface area contributed by atoms with Crippen molar-refractivity contribution >= 4 is 11.5 Å². The number of nitrogens with zero attached hydrogens (tertiary/aromatic N) is 3. The highest BCUT2D eigenvalue weighted by Gasteiger charge is 2.40. The van der Waals surface area contributed by atoms with Gasteiger partial charge in [0.05, 0.1) is 29.4 Å². The molecule has 1 aliphatic carbocycles. The summed E-state index contributed by atoms with van der Waals surface area (Å²) in [6.45, 7) is 0. The summed E-state index contributed by atoms with van der Waals surface area (Å²) in [5.74, 6) is -0.662. The van der Waals surface area contributed by atoms with E-state index in [1.165, 1.54) is 12.1 Å². The second kappa shape index (κ2) is 6.69. The van der Waals surface area contributed by atoms with Gasteiger partial charge in [-0.05, 0) is 42.7 Å². The number of aromatic nitrogens is 1. The van der Waals surface area contributed by atoms with E-state index in [4.69, 9.17) is 5.73 Å². The highest BCUT2D eigenvalue weighted by Crippen LogP contribution is 2.45. The topological polar surface area (TPSA) is 83.0 Å². The van der Waals surface area contributed by atoms with Crippen molar-refractivity contribution < 1.29 is 9.18 Å². The predicted molar refractivity (Wildman–Crippen MR) is 98.6 cm³/mol. The van der Waals surface area contributed by atoms with Crippen molar-refractivity contribution in [3.05, 3.63) is 82.8 Å². The van der Waals surface area contributed by atoms with Crippen LogP contribution in [-0.4, -0.2) is 10.8 Å². The van der Waals surface area contributed by atoms with Gasteiger partial charge < -0.3 is 5.73 Å². The molecule has 1 aliphatic heterocycles. The van der Waals surface area contributed by atoms with Crippen molar-refractivity contribution in [2.24, 2.45) is 5.73 Å². The zero-order valence-corrected chi connectivity index (χ0v) is 14.5. The van der Waals surface area contributed by atoms with E-state index in [1.54, 1.807) is 35.5 Å². The first kappa shape index (κ1) is 17.0. The Kier molecular flexibility index (Phi) is 4.21. The van der Waals surface area contributed by atoms with Gasteiger partial charge >= 0.3 is 0 Å². The third-order valence-electron chi connectivity index (χ3n) is 5.02. The number of hydrogen-bond acceptors (Lipinski definition) is 5. The Morgan fingerprint density at radius 2 is 2.00 bits per heavy atom. The van der Waals surface area contributed by atoms with E-state index in [0.717, 1.165) is 12.1 Å². The molecule has 4 rings (SSSR count). The predicted octanol–water partition coefficient (Wildman–Crippen LogP) is 3.53. The van der Waals surface area contributed by atoms with Gasteiger partial charge in [0.1, 0.15) is 11.6 Å². The van der Waals surface area contributed by atoms with Crippen molar-refractivity contribution in [2.75, 3.05) is 4.90 Å². The summed E-state index contributed by atoms with van der Waals surface area (Å²) in [4.78, 5) is 18.8. The molecule has 0 radical (unpaired) electrons. The number of Topliss-reactive ketones (excluding diaryl/α,β-unsaturated/α-hetero) is 1. The Morgan fingerprint density at radius 3 is 2.67 bits per heavy atom. The molecule has 0 amide bonds. The molecule has 0 bridgehead atoms. The Balaban J connectivity index is 1.96. The molecule has 0 saturated heterocycles. The quantitative estimate of drug-likeness (QED) is 0.886. The summed E-state index contributed by atoms with van der Waals surface area (Å²) in [6, 6.07) is 11.7. The number of halogens is 1. The molecule has 1 atom stereocenters. The number of carbonyl (C=O) groups excluding carboxylic acids is 1. The second-order valence-corrected chi connectivity index (χ2v) is 6.58. The first-order valence-electron chi connectivity index (χ1n) is 8.73. The molecule has 6 heteroatoms. The third-order valence-corrected chi connectivity index (χ3v) is 5.02. The summed E-state index contributed by atoms with van der Waals surface area (Å²) in [5.41, 5.74) is 9.47. The molecular weight excluding hydrogens is 343 g/mol. The van der Waals surface area contributed by atoms with E-state index in [2.05, 4.69) is 11.1 Å². The average Bonchev–Trinajstić information content (AvgIpc) is 2.69. The van der Waals surface area contributed by atoms with E-state index in [0.29, 0.717) is 35.2 Å². The zero-order valence-electron chi connectivity index (χ0n) is 14.5. The molecule has 0 fully saturated rings. The highest BCUT2D eigenvalue weighted by molar-refractivity contribution is 6.01. The van der Waals surface area contributed by atoms with E-state index < -0.39 is 5.92 Å². The molecule has 5 nitrogen and oxygen atoms in total. The Bertz CT molecular complexity index is 1000. The number of allylic oxidation sites excluding steroid dienone is 3. The highest BCUT2D eigenvalue weighted by atomic mass is 19.1. The Labute approximate surface area is 156 Å². The molecule has 134 valence electrons. The minimum Gasteiger partial charge on any atom is -0.384 e. The SMILES string of the molecule is N#CC1=C(N)N(c2cccnc2)C2=C(C(=O)CCC2)[C@H]1c1ccc(F)cc1. The lowest BCUT2D eigenvalue weighted by Crippen LogP contribution is -2.38. The van der Waals surface area contributed by atoms with Gasteiger partial charge in [0.2, 0.25) is 0 Å². The van der Waals surface area contributed by atoms with Crippen molar-refractivity contribution in [1.29, 1.82) is 5.26 Å². The second-order valence-electron chi connectivity index (χ2n) is 6.58. The third kappa shape index (κ3) is 2.77. The van der Waals surface area contributed by atoms with E-state index in [9.17, 15) is 14.4 Å². The van der Waals surface area contributed by atoms with Crippen molar-refractivity contribution in [3.8, 4) is 6.07 Å². The van der Waals surface area contributed by atoms with Crippen molar-refractivity contribution in [2.45, 2.75) is 25.2 Å². The lowest BCUT2D eigenvalue weighted by atomic mass is 9.75. The van der Waals surface area contributed by atoms with E-state index in [-0.39, 0.29) is 17.4 Å². The molecular formula is C21H17FN4O. The average molecular weight is 360 g/mol. The fourth-order valence-corrected chi connectivity index (χ4v) is 3.86. The lowest BCUT2D eigenvalue weighted by molar-refractivity contribution is -0.116.